The molecule has 4 nitrogen and oxygen atoms in total. The number of benzene rings is 2. The molecule has 0 radical (unpaired) electrons. The van der Waals surface area contributed by atoms with Crippen molar-refractivity contribution in [3.8, 4) is 5.75 Å². The summed E-state index contributed by atoms with van der Waals surface area (Å²) in [6.45, 7) is 2.61. The van der Waals surface area contributed by atoms with Crippen LogP contribution >= 0.6 is 50.9 Å². The standard InChI is InChI=1S/C20H16BrCl2NO3S/c1-2-8-27-17-7-6-13(21)9-12(17)10-18-19(25)24(20(26)28-18)11-14-15(22)4-3-5-16(14)23/h3-7,9-10H,2,8,11H2,1H3/b18-10+. The van der Waals surface area contributed by atoms with E-state index in [2.05, 4.69) is 15.9 Å². The summed E-state index contributed by atoms with van der Waals surface area (Å²) < 4.78 is 6.60. The molecular weight excluding hydrogens is 485 g/mol. The fourth-order valence-corrected chi connectivity index (χ4v) is 4.32. The molecule has 0 aromatic heterocycles. The van der Waals surface area contributed by atoms with Crippen LogP contribution in [0.25, 0.3) is 6.08 Å². The SMILES string of the molecule is CCCOc1ccc(Br)cc1/C=C1/SC(=O)N(Cc2c(Cl)cccc2Cl)C1=O. The Hall–Kier alpha value is -1.47. The van der Waals surface area contributed by atoms with Gasteiger partial charge in [0.25, 0.3) is 11.1 Å². The minimum Gasteiger partial charge on any atom is -0.493 e. The molecule has 0 saturated carbocycles. The zero-order valence-electron chi connectivity index (χ0n) is 14.9. The van der Waals surface area contributed by atoms with Crippen molar-refractivity contribution >= 4 is 68.1 Å². The summed E-state index contributed by atoms with van der Waals surface area (Å²) in [6, 6.07) is 10.6. The molecule has 3 rings (SSSR count). The lowest BCUT2D eigenvalue weighted by atomic mass is 10.1. The second kappa shape index (κ2) is 9.35. The molecule has 28 heavy (non-hydrogen) atoms. The zero-order valence-corrected chi connectivity index (χ0v) is 18.8. The molecule has 0 bridgehead atoms. The fraction of sp³-hybridized carbons (Fsp3) is 0.200. The summed E-state index contributed by atoms with van der Waals surface area (Å²) in [5, 5.41) is 0.466. The molecule has 146 valence electrons. The number of amides is 2. The third kappa shape index (κ3) is 4.74. The molecule has 2 aromatic carbocycles. The van der Waals surface area contributed by atoms with Gasteiger partial charge in [0.15, 0.2) is 0 Å². The quantitative estimate of drug-likeness (QED) is 0.410. The number of imide groups is 1. The highest BCUT2D eigenvalue weighted by Gasteiger charge is 2.36. The third-order valence-corrected chi connectivity index (χ3v) is 6.08. The highest BCUT2D eigenvalue weighted by molar-refractivity contribution is 9.10. The Kier molecular flexibility index (Phi) is 7.10. The number of halogens is 3. The van der Waals surface area contributed by atoms with E-state index < -0.39 is 0 Å². The van der Waals surface area contributed by atoms with E-state index in [1.807, 2.05) is 25.1 Å². The van der Waals surface area contributed by atoms with Crippen LogP contribution in [0, 0.1) is 0 Å². The van der Waals surface area contributed by atoms with Gasteiger partial charge in [0, 0.05) is 25.6 Å². The number of hydrogen-bond acceptors (Lipinski definition) is 4. The van der Waals surface area contributed by atoms with Crippen molar-refractivity contribution in [2.45, 2.75) is 19.9 Å². The molecule has 0 N–H and O–H groups in total. The Balaban J connectivity index is 1.89. The Bertz CT molecular complexity index is 944. The van der Waals surface area contributed by atoms with Gasteiger partial charge in [-0.25, -0.2) is 0 Å². The monoisotopic (exact) mass is 499 g/mol. The van der Waals surface area contributed by atoms with Gasteiger partial charge in [-0.05, 0) is 54.6 Å². The smallest absolute Gasteiger partial charge is 0.293 e. The average Bonchev–Trinajstić information content (AvgIpc) is 2.91. The van der Waals surface area contributed by atoms with E-state index in [4.69, 9.17) is 27.9 Å². The summed E-state index contributed by atoms with van der Waals surface area (Å²) in [7, 11) is 0. The highest BCUT2D eigenvalue weighted by atomic mass is 79.9. The van der Waals surface area contributed by atoms with Crippen molar-refractivity contribution in [3.63, 3.8) is 0 Å². The lowest BCUT2D eigenvalue weighted by Gasteiger charge is -2.14. The van der Waals surface area contributed by atoms with E-state index in [1.54, 1.807) is 24.3 Å². The molecule has 2 aromatic rings. The minimum absolute atomic E-state index is 0.0260. The van der Waals surface area contributed by atoms with Crippen LogP contribution in [-0.4, -0.2) is 22.7 Å². The maximum atomic E-state index is 12.8. The summed E-state index contributed by atoms with van der Waals surface area (Å²) in [6.07, 6.45) is 2.54. The number of nitrogens with zero attached hydrogens (tertiary/aromatic N) is 1. The number of rotatable bonds is 6. The first kappa shape index (κ1) is 21.2. The Labute approximate surface area is 186 Å². The Morgan fingerprint density at radius 3 is 2.57 bits per heavy atom. The van der Waals surface area contributed by atoms with E-state index in [1.165, 1.54) is 0 Å². The summed E-state index contributed by atoms with van der Waals surface area (Å²) in [4.78, 5) is 26.7. The van der Waals surface area contributed by atoms with Crippen molar-refractivity contribution in [1.29, 1.82) is 0 Å². The van der Waals surface area contributed by atoms with Crippen LogP contribution in [0.3, 0.4) is 0 Å². The molecule has 0 unspecified atom stereocenters. The molecule has 0 spiro atoms. The molecule has 8 heteroatoms. The molecular formula is C20H16BrCl2NO3S. The van der Waals surface area contributed by atoms with Gasteiger partial charge in [-0.3, -0.25) is 14.5 Å². The Morgan fingerprint density at radius 1 is 1.18 bits per heavy atom. The highest BCUT2D eigenvalue weighted by Crippen LogP contribution is 2.37. The van der Waals surface area contributed by atoms with E-state index >= 15 is 0 Å². The first-order chi connectivity index (χ1) is 13.4. The average molecular weight is 501 g/mol. The van der Waals surface area contributed by atoms with E-state index in [0.29, 0.717) is 32.9 Å². The molecule has 0 atom stereocenters. The van der Waals surface area contributed by atoms with Crippen LogP contribution in [0.5, 0.6) is 5.75 Å². The van der Waals surface area contributed by atoms with Crippen molar-refractivity contribution < 1.29 is 14.3 Å². The largest absolute Gasteiger partial charge is 0.493 e. The van der Waals surface area contributed by atoms with Crippen LogP contribution in [-0.2, 0) is 11.3 Å². The summed E-state index contributed by atoms with van der Waals surface area (Å²) in [5.74, 6) is 0.276. The Morgan fingerprint density at radius 2 is 1.89 bits per heavy atom. The second-order valence-corrected chi connectivity index (χ2v) is 8.72. The number of carbonyl (C=O) groups excluding carboxylic acids is 2. The lowest BCUT2D eigenvalue weighted by Crippen LogP contribution is -2.27. The predicted molar refractivity (Wildman–Crippen MR) is 118 cm³/mol. The number of thioether (sulfide) groups is 1. The van der Waals surface area contributed by atoms with Crippen LogP contribution in [0.15, 0.2) is 45.8 Å². The van der Waals surface area contributed by atoms with Gasteiger partial charge >= 0.3 is 0 Å². The number of ether oxygens (including phenoxy) is 1. The molecule has 1 aliphatic rings. The van der Waals surface area contributed by atoms with Crippen molar-refractivity contribution in [3.05, 3.63) is 66.9 Å². The van der Waals surface area contributed by atoms with E-state index in [9.17, 15) is 9.59 Å². The molecule has 1 aliphatic heterocycles. The normalized spacial score (nSPS) is 15.6. The molecule has 2 amide bonds. The molecule has 0 aliphatic carbocycles. The van der Waals surface area contributed by atoms with E-state index in [-0.39, 0.29) is 17.7 Å². The molecule has 1 heterocycles. The van der Waals surface area contributed by atoms with Gasteiger partial charge < -0.3 is 4.74 Å². The number of hydrogen-bond donors (Lipinski definition) is 0. The van der Waals surface area contributed by atoms with Crippen LogP contribution in [0.1, 0.15) is 24.5 Å². The van der Waals surface area contributed by atoms with Gasteiger partial charge in [-0.1, -0.05) is 52.1 Å². The topological polar surface area (TPSA) is 46.6 Å². The van der Waals surface area contributed by atoms with Crippen LogP contribution in [0.4, 0.5) is 4.79 Å². The van der Waals surface area contributed by atoms with Crippen molar-refractivity contribution in [2.24, 2.45) is 0 Å². The second-order valence-electron chi connectivity index (χ2n) is 6.00. The first-order valence-electron chi connectivity index (χ1n) is 8.51. The number of carbonyl (C=O) groups is 2. The van der Waals surface area contributed by atoms with Crippen molar-refractivity contribution in [2.75, 3.05) is 6.61 Å². The maximum Gasteiger partial charge on any atom is 0.293 e. The summed E-state index contributed by atoms with van der Waals surface area (Å²) >= 11 is 16.7. The van der Waals surface area contributed by atoms with Gasteiger partial charge in [-0.15, -0.1) is 0 Å². The first-order valence-corrected chi connectivity index (χ1v) is 10.9. The van der Waals surface area contributed by atoms with Crippen molar-refractivity contribution in [1.82, 2.24) is 4.90 Å². The van der Waals surface area contributed by atoms with E-state index in [0.717, 1.165) is 33.1 Å². The lowest BCUT2D eigenvalue weighted by molar-refractivity contribution is -0.123. The zero-order chi connectivity index (χ0) is 20.3. The van der Waals surface area contributed by atoms with Gasteiger partial charge in [0.05, 0.1) is 18.1 Å². The third-order valence-electron chi connectivity index (χ3n) is 3.97. The summed E-state index contributed by atoms with van der Waals surface area (Å²) in [5.41, 5.74) is 1.27. The van der Waals surface area contributed by atoms with Crippen LogP contribution in [0.2, 0.25) is 10.0 Å². The van der Waals surface area contributed by atoms with Gasteiger partial charge in [-0.2, -0.15) is 0 Å². The maximum absolute atomic E-state index is 12.8. The molecule has 1 fully saturated rings. The van der Waals surface area contributed by atoms with Crippen LogP contribution < -0.4 is 4.74 Å². The van der Waals surface area contributed by atoms with Gasteiger partial charge in [0.2, 0.25) is 0 Å². The minimum atomic E-state index is -0.382. The molecule has 1 saturated heterocycles. The fourth-order valence-electron chi connectivity index (χ4n) is 2.59. The van der Waals surface area contributed by atoms with Gasteiger partial charge in [0.1, 0.15) is 5.75 Å². The predicted octanol–water partition coefficient (Wildman–Crippen LogP) is 6.78.